The molecule has 4 nitrogen and oxygen atoms in total. The number of methoxy groups -OCH3 is 1. The largest absolute Gasteiger partial charge is 0.465 e. The summed E-state index contributed by atoms with van der Waals surface area (Å²) in [5, 5.41) is 11.3. The van der Waals surface area contributed by atoms with Gasteiger partial charge >= 0.3 is 5.97 Å². The van der Waals surface area contributed by atoms with Crippen LogP contribution >= 0.6 is 23.5 Å². The number of aromatic nitrogens is 1. The van der Waals surface area contributed by atoms with Gasteiger partial charge in [0, 0.05) is 37.6 Å². The van der Waals surface area contributed by atoms with E-state index in [-0.39, 0.29) is 5.82 Å². The highest BCUT2D eigenvalue weighted by Gasteiger charge is 2.24. The highest BCUT2D eigenvalue weighted by atomic mass is 35.5. The van der Waals surface area contributed by atoms with Crippen LogP contribution in [0.3, 0.4) is 0 Å². The lowest BCUT2D eigenvalue weighted by Gasteiger charge is -2.15. The summed E-state index contributed by atoms with van der Waals surface area (Å²) in [5.41, 5.74) is 8.53. The van der Waals surface area contributed by atoms with Crippen molar-refractivity contribution in [2.24, 2.45) is 0 Å². The van der Waals surface area contributed by atoms with Crippen LogP contribution in [0.2, 0.25) is 5.02 Å². The third kappa shape index (κ3) is 5.48. The molecule has 0 saturated heterocycles. The first kappa shape index (κ1) is 29.3. The average molecular weight is 617 g/mol. The zero-order valence-corrected chi connectivity index (χ0v) is 25.8. The van der Waals surface area contributed by atoms with Gasteiger partial charge in [0.05, 0.1) is 35.5 Å². The van der Waals surface area contributed by atoms with E-state index in [9.17, 15) is 14.4 Å². The van der Waals surface area contributed by atoms with Gasteiger partial charge in [-0.2, -0.15) is 5.26 Å². The van der Waals surface area contributed by atoms with Gasteiger partial charge in [0.1, 0.15) is 5.82 Å². The van der Waals surface area contributed by atoms with E-state index in [1.54, 1.807) is 24.3 Å². The Labute approximate surface area is 264 Å². The molecule has 0 aliphatic rings. The van der Waals surface area contributed by atoms with Gasteiger partial charge in [0.25, 0.3) is 0 Å². The Morgan fingerprint density at radius 2 is 1.59 bits per heavy atom. The summed E-state index contributed by atoms with van der Waals surface area (Å²) in [7, 11) is 1.33. The fourth-order valence-corrected chi connectivity index (χ4v) is 6.67. The second-order valence-electron chi connectivity index (χ2n) is 10.5. The van der Waals surface area contributed by atoms with Gasteiger partial charge in [-0.15, -0.1) is 0 Å². The maximum Gasteiger partial charge on any atom is 0.337 e. The summed E-state index contributed by atoms with van der Waals surface area (Å²) >= 11 is 8.21. The molecule has 0 aliphatic carbocycles. The van der Waals surface area contributed by atoms with Gasteiger partial charge in [-0.3, -0.25) is 3.97 Å². The summed E-state index contributed by atoms with van der Waals surface area (Å²) in [6.07, 6.45) is 0. The van der Waals surface area contributed by atoms with Gasteiger partial charge < -0.3 is 4.74 Å². The van der Waals surface area contributed by atoms with E-state index in [1.165, 1.54) is 31.2 Å². The smallest absolute Gasteiger partial charge is 0.337 e. The molecule has 0 aliphatic heterocycles. The minimum Gasteiger partial charge on any atom is -0.465 e. The molecule has 0 unspecified atom stereocenters. The fraction of sp³-hybridized carbons (Fsp3) is 0.0811. The molecule has 44 heavy (non-hydrogen) atoms. The number of nitrogens with zero attached hydrogens (tertiary/aromatic N) is 2. The molecule has 0 saturated carbocycles. The minimum atomic E-state index is -0.465. The average Bonchev–Trinajstić information content (AvgIpc) is 3.34. The molecule has 0 N–H and O–H groups in total. The first-order valence-electron chi connectivity index (χ1n) is 13.9. The highest BCUT2D eigenvalue weighted by Crippen LogP contribution is 2.46. The van der Waals surface area contributed by atoms with E-state index >= 15 is 0 Å². The number of nitriles is 1. The van der Waals surface area contributed by atoms with Crippen LogP contribution in [0.25, 0.3) is 44.4 Å². The zero-order chi connectivity index (χ0) is 31.0. The van der Waals surface area contributed by atoms with E-state index in [0.717, 1.165) is 55.1 Å². The molecular weight excluding hydrogens is 591 g/mol. The van der Waals surface area contributed by atoms with Gasteiger partial charge in [-0.05, 0) is 91.5 Å². The Kier molecular flexibility index (Phi) is 8.01. The van der Waals surface area contributed by atoms with Crippen molar-refractivity contribution in [3.05, 3.63) is 136 Å². The Balaban J connectivity index is 1.65. The number of rotatable bonds is 6. The molecule has 0 amide bonds. The van der Waals surface area contributed by atoms with E-state index in [2.05, 4.69) is 34.3 Å². The normalized spacial score (nSPS) is 11.0. The molecule has 0 fully saturated rings. The van der Waals surface area contributed by atoms with Gasteiger partial charge in [-0.1, -0.05) is 65.7 Å². The van der Waals surface area contributed by atoms with Crippen LogP contribution in [0.1, 0.15) is 27.0 Å². The van der Waals surface area contributed by atoms with Gasteiger partial charge in [0.2, 0.25) is 0 Å². The molecule has 7 heteroatoms. The summed E-state index contributed by atoms with van der Waals surface area (Å²) < 4.78 is 21.9. The number of benzene rings is 5. The summed E-state index contributed by atoms with van der Waals surface area (Å²) in [4.78, 5) is 13.1. The molecule has 0 bridgehead atoms. The van der Waals surface area contributed by atoms with Gasteiger partial charge in [0.15, 0.2) is 0 Å². The molecule has 1 heterocycles. The number of carbonyl (C=O) groups is 1. The van der Waals surface area contributed by atoms with Crippen LogP contribution in [0.4, 0.5) is 4.39 Å². The third-order valence-corrected chi connectivity index (χ3v) is 8.86. The third-order valence-electron chi connectivity index (χ3n) is 7.51. The van der Waals surface area contributed by atoms with E-state index in [1.807, 2.05) is 56.3 Å². The molecule has 216 valence electrons. The first-order valence-corrected chi connectivity index (χ1v) is 15.0. The highest BCUT2D eigenvalue weighted by molar-refractivity contribution is 7.98. The second kappa shape index (κ2) is 12.0. The molecular formula is C37H26ClFN2O2S. The number of fused-ring (bicyclic) bond motifs is 1. The Bertz CT molecular complexity index is 2110. The quantitative estimate of drug-likeness (QED) is 0.175. The van der Waals surface area contributed by atoms with E-state index in [4.69, 9.17) is 16.3 Å². The van der Waals surface area contributed by atoms with Crippen molar-refractivity contribution in [2.75, 3.05) is 7.11 Å². The molecule has 1 aromatic heterocycles. The van der Waals surface area contributed by atoms with Crippen molar-refractivity contribution < 1.29 is 13.9 Å². The maximum atomic E-state index is 14.9. The predicted molar refractivity (Wildman–Crippen MR) is 176 cm³/mol. The van der Waals surface area contributed by atoms with Crippen molar-refractivity contribution in [2.45, 2.75) is 18.7 Å². The summed E-state index contributed by atoms with van der Waals surface area (Å²) in [6.45, 7) is 3.99. The number of aryl methyl sites for hydroxylation is 2. The standard InChI is InChI=1S/C37H26ClFN2O2S/c1-22-7-12-29(13-8-22)44-41-34-16-11-28(39)20-32(34)35(31-14-9-23(2)17-27(31)21-40)36(41)25-6-4-5-24(18-25)30-15-10-26(19-33(30)38)37(42)43-3/h4-20H,1-3H3. The molecule has 0 spiro atoms. The molecule has 0 atom stereocenters. The predicted octanol–water partition coefficient (Wildman–Crippen LogP) is 10.3. The number of hydrogen-bond donors (Lipinski definition) is 0. The van der Waals surface area contributed by atoms with E-state index < -0.39 is 5.97 Å². The second-order valence-corrected chi connectivity index (χ2v) is 11.9. The van der Waals surface area contributed by atoms with Crippen molar-refractivity contribution in [3.63, 3.8) is 0 Å². The lowest BCUT2D eigenvalue weighted by Crippen LogP contribution is -2.00. The number of esters is 1. The molecule has 6 aromatic rings. The van der Waals surface area contributed by atoms with Crippen LogP contribution in [0, 0.1) is 31.0 Å². The summed E-state index contributed by atoms with van der Waals surface area (Å²) in [6, 6.07) is 34.1. The molecule has 6 rings (SSSR count). The summed E-state index contributed by atoms with van der Waals surface area (Å²) in [5.74, 6) is -0.826. The number of halogens is 2. The number of carbonyl (C=O) groups excluding carboxylic acids is 1. The van der Waals surface area contributed by atoms with Crippen LogP contribution < -0.4 is 0 Å². The number of hydrogen-bond acceptors (Lipinski definition) is 4. The molecule has 5 aromatic carbocycles. The van der Waals surface area contributed by atoms with Gasteiger partial charge in [-0.25, -0.2) is 9.18 Å². The zero-order valence-electron chi connectivity index (χ0n) is 24.2. The van der Waals surface area contributed by atoms with Crippen LogP contribution in [0.15, 0.2) is 108 Å². The van der Waals surface area contributed by atoms with Crippen LogP contribution in [-0.4, -0.2) is 17.1 Å². The van der Waals surface area contributed by atoms with Crippen molar-refractivity contribution in [3.8, 4) is 39.6 Å². The topological polar surface area (TPSA) is 55.0 Å². The maximum absolute atomic E-state index is 14.9. The number of ether oxygens (including phenoxy) is 1. The first-order chi connectivity index (χ1) is 21.3. The molecule has 0 radical (unpaired) electrons. The van der Waals surface area contributed by atoms with Crippen molar-refractivity contribution in [1.82, 2.24) is 3.97 Å². The monoisotopic (exact) mass is 616 g/mol. The van der Waals surface area contributed by atoms with E-state index in [0.29, 0.717) is 21.5 Å². The Morgan fingerprint density at radius 1 is 0.864 bits per heavy atom. The van der Waals surface area contributed by atoms with Crippen LogP contribution in [-0.2, 0) is 4.74 Å². The van der Waals surface area contributed by atoms with Crippen molar-refractivity contribution in [1.29, 1.82) is 5.26 Å². The lowest BCUT2D eigenvalue weighted by atomic mass is 9.92. The lowest BCUT2D eigenvalue weighted by molar-refractivity contribution is 0.0600. The minimum absolute atomic E-state index is 0.361. The Morgan fingerprint density at radius 3 is 2.32 bits per heavy atom. The Hall–Kier alpha value is -4.83. The SMILES string of the molecule is COC(=O)c1ccc(-c2cccc(-c3c(-c4ccc(C)cc4C#N)c4cc(F)ccc4n3Sc3ccc(C)cc3)c2)c(Cl)c1. The fourth-order valence-electron chi connectivity index (χ4n) is 5.37. The van der Waals surface area contributed by atoms with Crippen molar-refractivity contribution >= 4 is 40.4 Å². The van der Waals surface area contributed by atoms with Crippen LogP contribution in [0.5, 0.6) is 0 Å².